The van der Waals surface area contributed by atoms with Gasteiger partial charge in [0.25, 0.3) is 0 Å². The molecule has 4 heteroatoms. The van der Waals surface area contributed by atoms with Gasteiger partial charge in [0.2, 0.25) is 0 Å². The van der Waals surface area contributed by atoms with Crippen LogP contribution in [0.2, 0.25) is 0 Å². The lowest BCUT2D eigenvalue weighted by molar-refractivity contribution is 0.472. The monoisotopic (exact) mass is 203 g/mol. The van der Waals surface area contributed by atoms with E-state index in [-0.39, 0.29) is 11.6 Å². The Morgan fingerprint density at radius 1 is 1.14 bits per heavy atom. The minimum atomic E-state index is -1.16. The molecule has 78 valence electrons. The SMILES string of the molecule is CCC(NC)c1cc(F)c(F)cc1F. The molecule has 0 aromatic heterocycles. The van der Waals surface area contributed by atoms with Crippen LogP contribution in [0.15, 0.2) is 12.1 Å². The van der Waals surface area contributed by atoms with Gasteiger partial charge in [-0.15, -0.1) is 0 Å². The van der Waals surface area contributed by atoms with Gasteiger partial charge in [0.1, 0.15) is 5.82 Å². The highest BCUT2D eigenvalue weighted by Crippen LogP contribution is 2.22. The van der Waals surface area contributed by atoms with Crippen molar-refractivity contribution in [2.75, 3.05) is 7.05 Å². The summed E-state index contributed by atoms with van der Waals surface area (Å²) in [4.78, 5) is 0. The maximum absolute atomic E-state index is 13.2. The van der Waals surface area contributed by atoms with E-state index in [2.05, 4.69) is 5.32 Å². The molecule has 1 N–H and O–H groups in total. The van der Waals surface area contributed by atoms with Gasteiger partial charge in [-0.05, 0) is 19.5 Å². The summed E-state index contributed by atoms with van der Waals surface area (Å²) in [6, 6.07) is 1.19. The first-order valence-corrected chi connectivity index (χ1v) is 4.41. The van der Waals surface area contributed by atoms with E-state index >= 15 is 0 Å². The van der Waals surface area contributed by atoms with Crippen molar-refractivity contribution in [1.82, 2.24) is 5.32 Å². The summed E-state index contributed by atoms with van der Waals surface area (Å²) in [6.07, 6.45) is 0.610. The third kappa shape index (κ3) is 2.07. The van der Waals surface area contributed by atoms with Crippen molar-refractivity contribution in [3.05, 3.63) is 35.1 Å². The topological polar surface area (TPSA) is 12.0 Å². The van der Waals surface area contributed by atoms with E-state index in [0.717, 1.165) is 6.07 Å². The molecule has 0 saturated heterocycles. The van der Waals surface area contributed by atoms with Crippen LogP contribution in [0.4, 0.5) is 13.2 Å². The Morgan fingerprint density at radius 2 is 1.71 bits per heavy atom. The molecule has 1 aromatic rings. The number of hydrogen-bond acceptors (Lipinski definition) is 1. The second-order valence-electron chi connectivity index (χ2n) is 3.04. The Kier molecular flexibility index (Phi) is 3.52. The van der Waals surface area contributed by atoms with Gasteiger partial charge in [0.05, 0.1) is 0 Å². The van der Waals surface area contributed by atoms with Crippen LogP contribution >= 0.6 is 0 Å². The molecule has 0 heterocycles. The van der Waals surface area contributed by atoms with E-state index in [4.69, 9.17) is 0 Å². The predicted molar refractivity (Wildman–Crippen MR) is 48.4 cm³/mol. The highest BCUT2D eigenvalue weighted by atomic mass is 19.2. The van der Waals surface area contributed by atoms with Gasteiger partial charge in [0.15, 0.2) is 11.6 Å². The Hall–Kier alpha value is -1.03. The van der Waals surface area contributed by atoms with E-state index in [0.29, 0.717) is 12.5 Å². The highest BCUT2D eigenvalue weighted by Gasteiger charge is 2.15. The molecule has 0 spiro atoms. The summed E-state index contributed by atoms with van der Waals surface area (Å²) in [5.74, 6) is -2.89. The molecular weight excluding hydrogens is 191 g/mol. The van der Waals surface area contributed by atoms with Crippen LogP contribution in [-0.4, -0.2) is 7.05 Å². The molecule has 0 aliphatic carbocycles. The van der Waals surface area contributed by atoms with Crippen LogP contribution in [0.25, 0.3) is 0 Å². The maximum Gasteiger partial charge on any atom is 0.161 e. The highest BCUT2D eigenvalue weighted by molar-refractivity contribution is 5.23. The summed E-state index contributed by atoms with van der Waals surface area (Å²) in [5.41, 5.74) is 0.161. The zero-order valence-corrected chi connectivity index (χ0v) is 8.07. The Bertz CT molecular complexity index is 321. The number of benzene rings is 1. The Labute approximate surface area is 80.9 Å². The van der Waals surface area contributed by atoms with Crippen LogP contribution in [0.1, 0.15) is 24.9 Å². The van der Waals surface area contributed by atoms with Crippen molar-refractivity contribution in [2.24, 2.45) is 0 Å². The van der Waals surface area contributed by atoms with E-state index in [9.17, 15) is 13.2 Å². The molecule has 14 heavy (non-hydrogen) atoms. The van der Waals surface area contributed by atoms with Crippen LogP contribution < -0.4 is 5.32 Å². The second-order valence-corrected chi connectivity index (χ2v) is 3.04. The van der Waals surface area contributed by atoms with Gasteiger partial charge in [-0.25, -0.2) is 13.2 Å². The van der Waals surface area contributed by atoms with E-state index in [1.165, 1.54) is 0 Å². The quantitative estimate of drug-likeness (QED) is 0.745. The first-order chi connectivity index (χ1) is 6.60. The van der Waals surface area contributed by atoms with Crippen molar-refractivity contribution in [3.8, 4) is 0 Å². The molecule has 1 nitrogen and oxygen atoms in total. The summed E-state index contributed by atoms with van der Waals surface area (Å²) in [7, 11) is 1.65. The zero-order valence-electron chi connectivity index (χ0n) is 8.07. The first kappa shape index (κ1) is 11.0. The van der Waals surface area contributed by atoms with Gasteiger partial charge < -0.3 is 5.32 Å². The lowest BCUT2D eigenvalue weighted by atomic mass is 10.0. The van der Waals surface area contributed by atoms with Gasteiger partial charge in [-0.1, -0.05) is 6.92 Å². The number of rotatable bonds is 3. The minimum absolute atomic E-state index is 0.161. The zero-order chi connectivity index (χ0) is 10.7. The fourth-order valence-corrected chi connectivity index (χ4v) is 1.38. The Balaban J connectivity index is 3.14. The molecule has 1 unspecified atom stereocenters. The molecule has 0 saturated carbocycles. The lowest BCUT2D eigenvalue weighted by Gasteiger charge is -2.15. The van der Waals surface area contributed by atoms with Crippen molar-refractivity contribution >= 4 is 0 Å². The lowest BCUT2D eigenvalue weighted by Crippen LogP contribution is -2.17. The van der Waals surface area contributed by atoms with Crippen LogP contribution in [0, 0.1) is 17.5 Å². The normalized spacial score (nSPS) is 12.9. The fraction of sp³-hybridized carbons (Fsp3) is 0.400. The average Bonchev–Trinajstić information content (AvgIpc) is 2.15. The smallest absolute Gasteiger partial charge is 0.161 e. The predicted octanol–water partition coefficient (Wildman–Crippen LogP) is 2.77. The molecule has 0 amide bonds. The van der Waals surface area contributed by atoms with Gasteiger partial charge in [-0.2, -0.15) is 0 Å². The number of halogens is 3. The number of hydrogen-bond donors (Lipinski definition) is 1. The maximum atomic E-state index is 13.2. The van der Waals surface area contributed by atoms with Crippen LogP contribution in [0.5, 0.6) is 0 Å². The molecule has 0 radical (unpaired) electrons. The molecule has 0 aliphatic rings. The van der Waals surface area contributed by atoms with Crippen molar-refractivity contribution in [3.63, 3.8) is 0 Å². The molecule has 0 fully saturated rings. The minimum Gasteiger partial charge on any atom is -0.313 e. The van der Waals surface area contributed by atoms with Crippen LogP contribution in [-0.2, 0) is 0 Å². The molecule has 0 aliphatic heterocycles. The van der Waals surface area contributed by atoms with E-state index in [1.807, 2.05) is 6.92 Å². The van der Waals surface area contributed by atoms with Gasteiger partial charge >= 0.3 is 0 Å². The third-order valence-corrected chi connectivity index (χ3v) is 2.17. The molecular formula is C10H12F3N. The van der Waals surface area contributed by atoms with E-state index < -0.39 is 17.5 Å². The Morgan fingerprint density at radius 3 is 2.21 bits per heavy atom. The van der Waals surface area contributed by atoms with Crippen molar-refractivity contribution in [2.45, 2.75) is 19.4 Å². The molecule has 1 aromatic carbocycles. The summed E-state index contributed by atoms with van der Waals surface area (Å²) in [6.45, 7) is 1.84. The third-order valence-electron chi connectivity index (χ3n) is 2.17. The van der Waals surface area contributed by atoms with E-state index in [1.54, 1.807) is 7.05 Å². The standard InChI is InChI=1S/C10H12F3N/c1-3-10(14-2)6-4-8(12)9(13)5-7(6)11/h4-5,10,14H,3H2,1-2H3. The average molecular weight is 203 g/mol. The largest absolute Gasteiger partial charge is 0.313 e. The van der Waals surface area contributed by atoms with Gasteiger partial charge in [-0.3, -0.25) is 0 Å². The van der Waals surface area contributed by atoms with Gasteiger partial charge in [0, 0.05) is 17.7 Å². The summed E-state index contributed by atoms with van der Waals surface area (Å²) in [5, 5.41) is 2.83. The molecule has 1 atom stereocenters. The number of nitrogens with one attached hydrogen (secondary N) is 1. The van der Waals surface area contributed by atoms with Crippen molar-refractivity contribution < 1.29 is 13.2 Å². The molecule has 0 bridgehead atoms. The summed E-state index contributed by atoms with van der Waals surface area (Å²) < 4.78 is 38.6. The summed E-state index contributed by atoms with van der Waals surface area (Å²) >= 11 is 0. The van der Waals surface area contributed by atoms with Crippen molar-refractivity contribution in [1.29, 1.82) is 0 Å². The first-order valence-electron chi connectivity index (χ1n) is 4.41. The van der Waals surface area contributed by atoms with Crippen LogP contribution in [0.3, 0.4) is 0 Å². The second kappa shape index (κ2) is 4.46. The fourth-order valence-electron chi connectivity index (χ4n) is 1.38. The molecule has 1 rings (SSSR count).